The Morgan fingerprint density at radius 1 is 1.53 bits per heavy atom. The summed E-state index contributed by atoms with van der Waals surface area (Å²) in [4.78, 5) is 0. The van der Waals surface area contributed by atoms with Crippen molar-refractivity contribution in [3.05, 3.63) is 17.5 Å². The molecule has 0 amide bonds. The first kappa shape index (κ1) is 12.9. The summed E-state index contributed by atoms with van der Waals surface area (Å²) in [6.07, 6.45) is 1.11. The zero-order valence-electron chi connectivity index (χ0n) is 9.53. The van der Waals surface area contributed by atoms with E-state index >= 15 is 0 Å². The molecule has 2 nitrogen and oxygen atoms in total. The predicted molar refractivity (Wildman–Crippen MR) is 67.9 cm³/mol. The topological polar surface area (TPSA) is 29.1 Å². The smallest absolute Gasteiger partial charge is 0.0913 e. The van der Waals surface area contributed by atoms with Crippen molar-refractivity contribution in [1.29, 1.82) is 0 Å². The van der Waals surface area contributed by atoms with Crippen LogP contribution >= 0.6 is 11.3 Å². The first-order valence-electron chi connectivity index (χ1n) is 5.34. The molecule has 1 rings (SSSR count). The maximum absolute atomic E-state index is 12.1. The van der Waals surface area contributed by atoms with Gasteiger partial charge in [0, 0.05) is 6.04 Å². The van der Waals surface area contributed by atoms with Crippen molar-refractivity contribution in [3.8, 4) is 0 Å². The number of rotatable bonds is 6. The summed E-state index contributed by atoms with van der Waals surface area (Å²) >= 11 is 1.57. The largest absolute Gasteiger partial charge is 0.313 e. The van der Waals surface area contributed by atoms with Crippen LogP contribution in [-0.4, -0.2) is 22.0 Å². The highest BCUT2D eigenvalue weighted by molar-refractivity contribution is 7.87. The zero-order chi connectivity index (χ0) is 11.3. The second-order valence-electron chi connectivity index (χ2n) is 3.68. The minimum atomic E-state index is -0.875. The maximum Gasteiger partial charge on any atom is 0.0913 e. The molecule has 1 heterocycles. The zero-order valence-corrected chi connectivity index (χ0v) is 11.2. The van der Waals surface area contributed by atoms with Crippen molar-refractivity contribution >= 4 is 22.1 Å². The van der Waals surface area contributed by atoms with E-state index in [0.29, 0.717) is 6.04 Å². The van der Waals surface area contributed by atoms with E-state index in [4.69, 9.17) is 0 Å². The summed E-state index contributed by atoms with van der Waals surface area (Å²) < 4.78 is 13.1. The van der Waals surface area contributed by atoms with Gasteiger partial charge in [-0.1, -0.05) is 13.0 Å². The molecule has 3 unspecified atom stereocenters. The Morgan fingerprint density at radius 2 is 2.27 bits per heavy atom. The van der Waals surface area contributed by atoms with Crippen LogP contribution in [0, 0.1) is 0 Å². The molecular formula is C11H19NOS2. The summed E-state index contributed by atoms with van der Waals surface area (Å²) in [5.41, 5.74) is 0. The van der Waals surface area contributed by atoms with Gasteiger partial charge in [0.05, 0.1) is 20.3 Å². The average Bonchev–Trinajstić information content (AvgIpc) is 2.77. The lowest BCUT2D eigenvalue weighted by atomic mass is 10.2. The molecule has 0 radical (unpaired) electrons. The highest BCUT2D eigenvalue weighted by Crippen LogP contribution is 2.18. The van der Waals surface area contributed by atoms with E-state index in [9.17, 15) is 4.21 Å². The van der Waals surface area contributed by atoms with Crippen LogP contribution in [0.1, 0.15) is 27.2 Å². The first-order chi connectivity index (χ1) is 7.16. The van der Waals surface area contributed by atoms with Crippen molar-refractivity contribution in [3.63, 3.8) is 0 Å². The lowest BCUT2D eigenvalue weighted by Crippen LogP contribution is -2.38. The molecule has 0 aliphatic rings. The third-order valence-electron chi connectivity index (χ3n) is 2.45. The summed E-state index contributed by atoms with van der Waals surface area (Å²) in [6, 6.07) is 4.20. The van der Waals surface area contributed by atoms with Crippen LogP contribution in [0.3, 0.4) is 0 Å². The van der Waals surface area contributed by atoms with Crippen molar-refractivity contribution in [2.75, 3.05) is 6.54 Å². The Morgan fingerprint density at radius 3 is 2.80 bits per heavy atom. The Kier molecular flexibility index (Phi) is 5.50. The number of hydrogen-bond donors (Lipinski definition) is 1. The van der Waals surface area contributed by atoms with E-state index in [1.807, 2.05) is 24.4 Å². The third kappa shape index (κ3) is 3.70. The lowest BCUT2D eigenvalue weighted by Gasteiger charge is -2.19. The number of hydrogen-bond acceptors (Lipinski definition) is 3. The van der Waals surface area contributed by atoms with Crippen LogP contribution in [-0.2, 0) is 10.8 Å². The molecule has 4 heteroatoms. The Balaban J connectivity index is 2.52. The van der Waals surface area contributed by atoms with Crippen LogP contribution in [0.25, 0.3) is 0 Å². The molecule has 0 aromatic carbocycles. The maximum atomic E-state index is 12.1. The van der Waals surface area contributed by atoms with Gasteiger partial charge in [-0.05, 0) is 38.3 Å². The molecule has 0 spiro atoms. The van der Waals surface area contributed by atoms with Crippen LogP contribution < -0.4 is 5.32 Å². The second-order valence-corrected chi connectivity index (χ2v) is 6.66. The summed E-state index contributed by atoms with van der Waals surface area (Å²) in [6.45, 7) is 7.28. The standard InChI is InChI=1S/C11H19NOS2/c1-4-7-12-9(2)10(3)15(13)11-6-5-8-14-11/h5-6,8-10,12H,4,7H2,1-3H3. The Bertz CT molecular complexity index is 298. The van der Waals surface area contributed by atoms with Gasteiger partial charge in [0.15, 0.2) is 0 Å². The van der Waals surface area contributed by atoms with Gasteiger partial charge in [-0.25, -0.2) is 0 Å². The molecule has 15 heavy (non-hydrogen) atoms. The molecule has 0 fully saturated rings. The van der Waals surface area contributed by atoms with Gasteiger partial charge in [-0.15, -0.1) is 11.3 Å². The van der Waals surface area contributed by atoms with Gasteiger partial charge in [0.1, 0.15) is 0 Å². The van der Waals surface area contributed by atoms with Crippen molar-refractivity contribution in [1.82, 2.24) is 5.32 Å². The van der Waals surface area contributed by atoms with Gasteiger partial charge in [-0.3, -0.25) is 4.21 Å². The van der Waals surface area contributed by atoms with E-state index in [0.717, 1.165) is 17.2 Å². The summed E-state index contributed by atoms with van der Waals surface area (Å²) in [5.74, 6) is 0. The van der Waals surface area contributed by atoms with Crippen LogP contribution in [0.2, 0.25) is 0 Å². The van der Waals surface area contributed by atoms with E-state index in [1.54, 1.807) is 11.3 Å². The van der Waals surface area contributed by atoms with Gasteiger partial charge >= 0.3 is 0 Å². The SMILES string of the molecule is CCCNC(C)C(C)S(=O)c1cccs1. The molecule has 3 atom stereocenters. The van der Waals surface area contributed by atoms with Crippen molar-refractivity contribution in [2.45, 2.75) is 42.7 Å². The second kappa shape index (κ2) is 6.40. The van der Waals surface area contributed by atoms with Crippen molar-refractivity contribution in [2.24, 2.45) is 0 Å². The number of thiophene rings is 1. The van der Waals surface area contributed by atoms with E-state index in [1.165, 1.54) is 0 Å². The van der Waals surface area contributed by atoms with Crippen molar-refractivity contribution < 1.29 is 4.21 Å². The third-order valence-corrected chi connectivity index (χ3v) is 5.51. The van der Waals surface area contributed by atoms with Crippen LogP contribution in [0.5, 0.6) is 0 Å². The van der Waals surface area contributed by atoms with Gasteiger partial charge in [0.25, 0.3) is 0 Å². The lowest BCUT2D eigenvalue weighted by molar-refractivity contribution is 0.532. The molecule has 0 bridgehead atoms. The van der Waals surface area contributed by atoms with E-state index < -0.39 is 10.8 Å². The Hall–Kier alpha value is -0.190. The first-order valence-corrected chi connectivity index (χ1v) is 7.43. The average molecular weight is 245 g/mol. The van der Waals surface area contributed by atoms with Crippen LogP contribution in [0.4, 0.5) is 0 Å². The fourth-order valence-corrected chi connectivity index (χ4v) is 3.78. The highest BCUT2D eigenvalue weighted by Gasteiger charge is 2.19. The fraction of sp³-hybridized carbons (Fsp3) is 0.636. The molecule has 1 aromatic heterocycles. The molecule has 0 aliphatic heterocycles. The molecule has 1 N–H and O–H groups in total. The van der Waals surface area contributed by atoms with E-state index in [-0.39, 0.29) is 5.25 Å². The predicted octanol–water partition coefficient (Wildman–Crippen LogP) is 2.63. The van der Waals surface area contributed by atoms with Gasteiger partial charge < -0.3 is 5.32 Å². The molecule has 0 aliphatic carbocycles. The molecule has 86 valence electrons. The highest BCUT2D eigenvalue weighted by atomic mass is 32.2. The monoisotopic (exact) mass is 245 g/mol. The van der Waals surface area contributed by atoms with Gasteiger partial charge in [-0.2, -0.15) is 0 Å². The Labute approximate surface area is 98.6 Å². The van der Waals surface area contributed by atoms with Crippen LogP contribution in [0.15, 0.2) is 21.7 Å². The number of nitrogens with one attached hydrogen (secondary N) is 1. The minimum Gasteiger partial charge on any atom is -0.313 e. The molecule has 0 saturated carbocycles. The quantitative estimate of drug-likeness (QED) is 0.835. The van der Waals surface area contributed by atoms with E-state index in [2.05, 4.69) is 19.2 Å². The molecule has 1 aromatic rings. The van der Waals surface area contributed by atoms with Gasteiger partial charge in [0.2, 0.25) is 0 Å². The molecular weight excluding hydrogens is 226 g/mol. The fourth-order valence-electron chi connectivity index (χ4n) is 1.28. The normalized spacial score (nSPS) is 17.3. The molecule has 0 saturated heterocycles. The minimum absolute atomic E-state index is 0.162. The summed E-state index contributed by atoms with van der Waals surface area (Å²) in [7, 11) is -0.875. The summed E-state index contributed by atoms with van der Waals surface area (Å²) in [5, 5.41) is 5.52.